The van der Waals surface area contributed by atoms with E-state index in [9.17, 15) is 13.6 Å². The molecule has 0 aliphatic carbocycles. The minimum absolute atomic E-state index is 0.255. The van der Waals surface area contributed by atoms with Gasteiger partial charge in [-0.15, -0.1) is 0 Å². The molecule has 3 rings (SSSR count). The Kier molecular flexibility index (Phi) is 5.77. The summed E-state index contributed by atoms with van der Waals surface area (Å²) in [5, 5.41) is 7.77. The Labute approximate surface area is 149 Å². The smallest absolute Gasteiger partial charge is 0.319 e. The number of urea groups is 1. The average Bonchev–Trinajstić information content (AvgIpc) is 3.17. The van der Waals surface area contributed by atoms with Gasteiger partial charge in [-0.3, -0.25) is 0 Å². The Balaban J connectivity index is 1.44. The van der Waals surface area contributed by atoms with Crippen LogP contribution in [0.25, 0.3) is 0 Å². The Hall–Kier alpha value is -2.97. The fourth-order valence-electron chi connectivity index (χ4n) is 2.70. The first kappa shape index (κ1) is 17.8. The van der Waals surface area contributed by atoms with Crippen LogP contribution in [-0.2, 0) is 0 Å². The maximum absolute atomic E-state index is 13.5. The number of rotatable bonds is 6. The minimum atomic E-state index is -0.825. The van der Waals surface area contributed by atoms with Crippen molar-refractivity contribution in [1.29, 1.82) is 0 Å². The van der Waals surface area contributed by atoms with Gasteiger partial charge >= 0.3 is 6.03 Å². The van der Waals surface area contributed by atoms with Gasteiger partial charge in [0.2, 0.25) is 0 Å². The number of aromatic nitrogens is 2. The van der Waals surface area contributed by atoms with Gasteiger partial charge in [0.15, 0.2) is 0 Å². The number of benzene rings is 1. The zero-order chi connectivity index (χ0) is 18.4. The van der Waals surface area contributed by atoms with Crippen LogP contribution in [0, 0.1) is 11.6 Å². The third-order valence-electron chi connectivity index (χ3n) is 4.00. The van der Waals surface area contributed by atoms with Gasteiger partial charge in [0.25, 0.3) is 0 Å². The fraction of sp³-hybridized carbons (Fsp3) is 0.353. The van der Waals surface area contributed by atoms with Crippen LogP contribution in [0.5, 0.6) is 0 Å². The standard InChI is InChI=1S/C17H20F2N6O/c18-12-4-3-5-13(19)16(12)24-17(26)21-7-6-20-14-10-15(23-11-22-14)25-8-1-2-9-25/h3-5,10-11H,1-2,6-9H2,(H,20,22,23)(H2,21,24,26). The van der Waals surface area contributed by atoms with Crippen LogP contribution >= 0.6 is 0 Å². The third kappa shape index (κ3) is 4.56. The number of nitrogens with one attached hydrogen (secondary N) is 3. The molecule has 0 unspecified atom stereocenters. The predicted octanol–water partition coefficient (Wildman–Crippen LogP) is 2.59. The summed E-state index contributed by atoms with van der Waals surface area (Å²) in [5.74, 6) is -0.118. The number of hydrogen-bond donors (Lipinski definition) is 3. The highest BCUT2D eigenvalue weighted by Gasteiger charge is 2.14. The summed E-state index contributed by atoms with van der Waals surface area (Å²) in [4.78, 5) is 22.3. The maximum Gasteiger partial charge on any atom is 0.319 e. The molecular formula is C17H20F2N6O. The zero-order valence-electron chi connectivity index (χ0n) is 14.1. The molecule has 3 N–H and O–H groups in total. The summed E-state index contributed by atoms with van der Waals surface area (Å²) in [7, 11) is 0. The molecule has 1 fully saturated rings. The second-order valence-electron chi connectivity index (χ2n) is 5.86. The number of halogens is 2. The number of carbonyl (C=O) groups is 1. The van der Waals surface area contributed by atoms with Crippen molar-refractivity contribution in [3.8, 4) is 0 Å². The molecule has 0 atom stereocenters. The van der Waals surface area contributed by atoms with E-state index in [0.29, 0.717) is 12.4 Å². The minimum Gasteiger partial charge on any atom is -0.368 e. The first-order chi connectivity index (χ1) is 12.6. The molecule has 1 aromatic heterocycles. The summed E-state index contributed by atoms with van der Waals surface area (Å²) in [6.45, 7) is 2.64. The van der Waals surface area contributed by atoms with Crippen molar-refractivity contribution in [2.75, 3.05) is 41.7 Å². The molecule has 1 aromatic carbocycles. The van der Waals surface area contributed by atoms with E-state index < -0.39 is 23.4 Å². The SMILES string of the molecule is O=C(NCCNc1cc(N2CCCC2)ncn1)Nc1c(F)cccc1F. The second kappa shape index (κ2) is 8.41. The predicted molar refractivity (Wildman–Crippen MR) is 95.3 cm³/mol. The van der Waals surface area contributed by atoms with Crippen LogP contribution in [0.1, 0.15) is 12.8 Å². The van der Waals surface area contributed by atoms with Gasteiger partial charge in [-0.05, 0) is 25.0 Å². The third-order valence-corrected chi connectivity index (χ3v) is 4.00. The normalized spacial score (nSPS) is 13.5. The topological polar surface area (TPSA) is 82.2 Å². The lowest BCUT2D eigenvalue weighted by Gasteiger charge is -2.16. The van der Waals surface area contributed by atoms with Gasteiger partial charge in [0.1, 0.15) is 35.3 Å². The number of amides is 2. The van der Waals surface area contributed by atoms with E-state index in [2.05, 4.69) is 30.8 Å². The summed E-state index contributed by atoms with van der Waals surface area (Å²) in [5.41, 5.74) is -0.469. The quantitative estimate of drug-likeness (QED) is 0.688. The number of carbonyl (C=O) groups excluding carboxylic acids is 1. The van der Waals surface area contributed by atoms with Crippen molar-refractivity contribution >= 4 is 23.4 Å². The van der Waals surface area contributed by atoms with Crippen LogP contribution in [0.3, 0.4) is 0 Å². The molecule has 2 heterocycles. The number of nitrogens with zero attached hydrogens (tertiary/aromatic N) is 3. The van der Waals surface area contributed by atoms with E-state index >= 15 is 0 Å². The first-order valence-electron chi connectivity index (χ1n) is 8.43. The molecule has 9 heteroatoms. The summed E-state index contributed by atoms with van der Waals surface area (Å²) in [6, 6.07) is 4.56. The largest absolute Gasteiger partial charge is 0.368 e. The molecule has 7 nitrogen and oxygen atoms in total. The highest BCUT2D eigenvalue weighted by atomic mass is 19.1. The van der Waals surface area contributed by atoms with E-state index in [0.717, 1.165) is 43.9 Å². The van der Waals surface area contributed by atoms with Crippen LogP contribution in [0.4, 0.5) is 30.9 Å². The lowest BCUT2D eigenvalue weighted by Crippen LogP contribution is -2.33. The molecule has 0 saturated carbocycles. The highest BCUT2D eigenvalue weighted by molar-refractivity contribution is 5.89. The molecule has 138 valence electrons. The lowest BCUT2D eigenvalue weighted by molar-refractivity contribution is 0.252. The number of hydrogen-bond acceptors (Lipinski definition) is 5. The van der Waals surface area contributed by atoms with Crippen molar-refractivity contribution in [3.63, 3.8) is 0 Å². The second-order valence-corrected chi connectivity index (χ2v) is 5.86. The van der Waals surface area contributed by atoms with Gasteiger partial charge in [0.05, 0.1) is 0 Å². The van der Waals surface area contributed by atoms with Gasteiger partial charge in [-0.1, -0.05) is 6.07 Å². The Bertz CT molecular complexity index is 746. The van der Waals surface area contributed by atoms with E-state index in [1.165, 1.54) is 12.4 Å². The van der Waals surface area contributed by atoms with E-state index in [1.807, 2.05) is 6.07 Å². The van der Waals surface area contributed by atoms with E-state index in [4.69, 9.17) is 0 Å². The van der Waals surface area contributed by atoms with Crippen molar-refractivity contribution < 1.29 is 13.6 Å². The number of para-hydroxylation sites is 1. The van der Waals surface area contributed by atoms with Crippen LogP contribution in [0.15, 0.2) is 30.6 Å². The molecule has 2 aromatic rings. The maximum atomic E-state index is 13.5. The van der Waals surface area contributed by atoms with Gasteiger partial charge in [-0.25, -0.2) is 23.5 Å². The average molecular weight is 362 g/mol. The Morgan fingerprint density at radius 2 is 1.85 bits per heavy atom. The van der Waals surface area contributed by atoms with Crippen molar-refractivity contribution in [2.24, 2.45) is 0 Å². The first-order valence-corrected chi connectivity index (χ1v) is 8.43. The van der Waals surface area contributed by atoms with Crippen molar-refractivity contribution in [2.45, 2.75) is 12.8 Å². The molecule has 26 heavy (non-hydrogen) atoms. The molecule has 2 amide bonds. The van der Waals surface area contributed by atoms with Crippen LogP contribution in [-0.4, -0.2) is 42.2 Å². The highest BCUT2D eigenvalue weighted by Crippen LogP contribution is 2.19. The molecule has 0 radical (unpaired) electrons. The fourth-order valence-corrected chi connectivity index (χ4v) is 2.70. The van der Waals surface area contributed by atoms with Crippen LogP contribution in [0.2, 0.25) is 0 Å². The molecule has 0 spiro atoms. The van der Waals surface area contributed by atoms with Gasteiger partial charge in [-0.2, -0.15) is 0 Å². The number of anilines is 3. The lowest BCUT2D eigenvalue weighted by atomic mass is 10.3. The molecule has 1 saturated heterocycles. The molecule has 0 bridgehead atoms. The summed E-state index contributed by atoms with van der Waals surface area (Å²) < 4.78 is 26.9. The summed E-state index contributed by atoms with van der Waals surface area (Å²) in [6.07, 6.45) is 3.82. The van der Waals surface area contributed by atoms with Crippen LogP contribution < -0.4 is 20.9 Å². The summed E-state index contributed by atoms with van der Waals surface area (Å²) >= 11 is 0. The van der Waals surface area contributed by atoms with Crippen molar-refractivity contribution in [3.05, 3.63) is 42.2 Å². The van der Waals surface area contributed by atoms with E-state index in [-0.39, 0.29) is 6.54 Å². The molecular weight excluding hydrogens is 342 g/mol. The Morgan fingerprint density at radius 3 is 2.58 bits per heavy atom. The van der Waals surface area contributed by atoms with Gasteiger partial charge < -0.3 is 20.9 Å². The monoisotopic (exact) mass is 362 g/mol. The van der Waals surface area contributed by atoms with Gasteiger partial charge in [0, 0.05) is 32.2 Å². The van der Waals surface area contributed by atoms with E-state index in [1.54, 1.807) is 0 Å². The Morgan fingerprint density at radius 1 is 1.12 bits per heavy atom. The van der Waals surface area contributed by atoms with Crippen molar-refractivity contribution in [1.82, 2.24) is 15.3 Å². The molecule has 1 aliphatic rings. The zero-order valence-corrected chi connectivity index (χ0v) is 14.1. The molecule has 1 aliphatic heterocycles.